The van der Waals surface area contributed by atoms with E-state index in [0.717, 1.165) is 17.7 Å². The van der Waals surface area contributed by atoms with Crippen molar-refractivity contribution in [1.29, 1.82) is 0 Å². The van der Waals surface area contributed by atoms with Crippen LogP contribution >= 0.6 is 0 Å². The minimum Gasteiger partial charge on any atom is -0.319 e. The summed E-state index contributed by atoms with van der Waals surface area (Å²) in [6.45, 7) is 0. The van der Waals surface area contributed by atoms with Crippen LogP contribution in [0, 0.1) is 11.6 Å². The van der Waals surface area contributed by atoms with E-state index in [0.29, 0.717) is 11.1 Å². The van der Waals surface area contributed by atoms with E-state index >= 15 is 0 Å². The van der Waals surface area contributed by atoms with Gasteiger partial charge < -0.3 is 5.32 Å². The van der Waals surface area contributed by atoms with Crippen LogP contribution in [0.25, 0.3) is 11.6 Å². The van der Waals surface area contributed by atoms with Crippen molar-refractivity contribution in [2.45, 2.75) is 0 Å². The molecule has 0 bridgehead atoms. The summed E-state index contributed by atoms with van der Waals surface area (Å²) >= 11 is 0. The van der Waals surface area contributed by atoms with Crippen molar-refractivity contribution >= 4 is 23.2 Å². The highest BCUT2D eigenvalue weighted by atomic mass is 19.1. The van der Waals surface area contributed by atoms with Crippen molar-refractivity contribution in [2.75, 3.05) is 5.32 Å². The molecule has 25 heavy (non-hydrogen) atoms. The van der Waals surface area contributed by atoms with Crippen molar-refractivity contribution in [1.82, 2.24) is 0 Å². The summed E-state index contributed by atoms with van der Waals surface area (Å²) in [5.41, 5.74) is 1.86. The Morgan fingerprint density at radius 2 is 1.48 bits per heavy atom. The SMILES string of the molecule is O=C(Nc1ccc(F)cc1F)/C(=C\c1ccccc1)c1ccccc1. The predicted octanol–water partition coefficient (Wildman–Crippen LogP) is 5.14. The highest BCUT2D eigenvalue weighted by Gasteiger charge is 2.14. The Kier molecular flexibility index (Phi) is 5.00. The van der Waals surface area contributed by atoms with Crippen molar-refractivity contribution in [2.24, 2.45) is 0 Å². The van der Waals surface area contributed by atoms with E-state index in [1.807, 2.05) is 48.5 Å². The molecule has 0 heterocycles. The maximum absolute atomic E-state index is 13.8. The lowest BCUT2D eigenvalue weighted by Gasteiger charge is -2.10. The normalized spacial score (nSPS) is 11.2. The smallest absolute Gasteiger partial charge is 0.256 e. The molecule has 0 aliphatic rings. The standard InChI is InChI=1S/C21H15F2NO/c22-17-11-12-20(19(23)14-17)24-21(25)18(16-9-5-2-6-10-16)13-15-7-3-1-4-8-15/h1-14H,(H,24,25)/b18-13-. The zero-order chi connectivity index (χ0) is 17.6. The molecule has 0 spiro atoms. The average molecular weight is 335 g/mol. The molecule has 0 fully saturated rings. The van der Waals surface area contributed by atoms with E-state index in [1.54, 1.807) is 18.2 Å². The van der Waals surface area contributed by atoms with Crippen LogP contribution in [0.1, 0.15) is 11.1 Å². The monoisotopic (exact) mass is 335 g/mol. The Hall–Kier alpha value is -3.27. The van der Waals surface area contributed by atoms with E-state index in [2.05, 4.69) is 5.32 Å². The maximum Gasteiger partial charge on any atom is 0.256 e. The Balaban J connectivity index is 1.97. The Bertz CT molecular complexity index is 906. The molecule has 0 atom stereocenters. The predicted molar refractivity (Wildman–Crippen MR) is 95.7 cm³/mol. The molecule has 0 unspecified atom stereocenters. The quantitative estimate of drug-likeness (QED) is 0.519. The molecule has 1 N–H and O–H groups in total. The highest BCUT2D eigenvalue weighted by molar-refractivity contribution is 6.29. The molecule has 3 rings (SSSR count). The van der Waals surface area contributed by atoms with Crippen LogP contribution in [0.2, 0.25) is 0 Å². The van der Waals surface area contributed by atoms with Gasteiger partial charge in [-0.2, -0.15) is 0 Å². The molecule has 0 radical (unpaired) electrons. The van der Waals surface area contributed by atoms with E-state index < -0.39 is 17.5 Å². The number of hydrogen-bond donors (Lipinski definition) is 1. The summed E-state index contributed by atoms with van der Waals surface area (Å²) in [5.74, 6) is -1.99. The molecular formula is C21H15F2NO. The number of amides is 1. The molecule has 0 aliphatic carbocycles. The molecule has 124 valence electrons. The van der Waals surface area contributed by atoms with Gasteiger partial charge in [-0.15, -0.1) is 0 Å². The third-order valence-corrected chi connectivity index (χ3v) is 3.62. The number of carbonyl (C=O) groups excluding carboxylic acids is 1. The molecule has 3 aromatic carbocycles. The van der Waals surface area contributed by atoms with Crippen LogP contribution in [-0.2, 0) is 4.79 Å². The second kappa shape index (κ2) is 7.53. The minimum atomic E-state index is -0.819. The second-order valence-electron chi connectivity index (χ2n) is 5.41. The lowest BCUT2D eigenvalue weighted by atomic mass is 10.0. The summed E-state index contributed by atoms with van der Waals surface area (Å²) < 4.78 is 26.9. The van der Waals surface area contributed by atoms with Crippen LogP contribution < -0.4 is 5.32 Å². The van der Waals surface area contributed by atoms with Gasteiger partial charge in [-0.25, -0.2) is 8.78 Å². The third kappa shape index (κ3) is 4.18. The molecule has 3 aromatic rings. The van der Waals surface area contributed by atoms with E-state index in [-0.39, 0.29) is 5.69 Å². The van der Waals surface area contributed by atoms with Gasteiger partial charge in [0.2, 0.25) is 0 Å². The highest BCUT2D eigenvalue weighted by Crippen LogP contribution is 2.22. The summed E-state index contributed by atoms with van der Waals surface area (Å²) in [7, 11) is 0. The lowest BCUT2D eigenvalue weighted by molar-refractivity contribution is -0.111. The Morgan fingerprint density at radius 3 is 2.12 bits per heavy atom. The van der Waals surface area contributed by atoms with Crippen molar-refractivity contribution in [3.8, 4) is 0 Å². The number of hydrogen-bond acceptors (Lipinski definition) is 1. The molecule has 0 saturated carbocycles. The molecule has 1 amide bonds. The lowest BCUT2D eigenvalue weighted by Crippen LogP contribution is -2.14. The second-order valence-corrected chi connectivity index (χ2v) is 5.41. The Morgan fingerprint density at radius 1 is 0.840 bits per heavy atom. The average Bonchev–Trinajstić information content (AvgIpc) is 2.63. The van der Waals surface area contributed by atoms with Gasteiger partial charge in [0.15, 0.2) is 0 Å². The molecule has 2 nitrogen and oxygen atoms in total. The zero-order valence-corrected chi connectivity index (χ0v) is 13.2. The van der Waals surface area contributed by atoms with Crippen LogP contribution in [0.15, 0.2) is 78.9 Å². The van der Waals surface area contributed by atoms with Gasteiger partial charge in [-0.05, 0) is 29.3 Å². The first kappa shape index (κ1) is 16.6. The summed E-state index contributed by atoms with van der Waals surface area (Å²) in [6.07, 6.45) is 1.73. The van der Waals surface area contributed by atoms with Gasteiger partial charge >= 0.3 is 0 Å². The fourth-order valence-electron chi connectivity index (χ4n) is 2.39. The number of anilines is 1. The topological polar surface area (TPSA) is 29.1 Å². The van der Waals surface area contributed by atoms with E-state index in [9.17, 15) is 13.6 Å². The van der Waals surface area contributed by atoms with Gasteiger partial charge in [-0.3, -0.25) is 4.79 Å². The molecule has 0 aromatic heterocycles. The fraction of sp³-hybridized carbons (Fsp3) is 0. The van der Waals surface area contributed by atoms with E-state index in [4.69, 9.17) is 0 Å². The summed E-state index contributed by atoms with van der Waals surface area (Å²) in [6, 6.07) is 21.5. The van der Waals surface area contributed by atoms with Crippen molar-refractivity contribution < 1.29 is 13.6 Å². The van der Waals surface area contributed by atoms with Crippen LogP contribution in [0.4, 0.5) is 14.5 Å². The van der Waals surface area contributed by atoms with Crippen molar-refractivity contribution in [3.05, 3.63) is 102 Å². The molecule has 0 saturated heterocycles. The first-order valence-electron chi connectivity index (χ1n) is 7.72. The fourth-order valence-corrected chi connectivity index (χ4v) is 2.39. The van der Waals surface area contributed by atoms with E-state index in [1.165, 1.54) is 6.07 Å². The first-order chi connectivity index (χ1) is 12.1. The number of nitrogens with one attached hydrogen (secondary N) is 1. The molecule has 4 heteroatoms. The maximum atomic E-state index is 13.8. The largest absolute Gasteiger partial charge is 0.319 e. The summed E-state index contributed by atoms with van der Waals surface area (Å²) in [5, 5.41) is 2.51. The molecule has 0 aliphatic heterocycles. The Labute approximate surface area is 144 Å². The zero-order valence-electron chi connectivity index (χ0n) is 13.2. The summed E-state index contributed by atoms with van der Waals surface area (Å²) in [4.78, 5) is 12.7. The van der Waals surface area contributed by atoms with Crippen LogP contribution in [0.3, 0.4) is 0 Å². The van der Waals surface area contributed by atoms with Gasteiger partial charge in [0, 0.05) is 11.6 Å². The van der Waals surface area contributed by atoms with Gasteiger partial charge in [0.1, 0.15) is 11.6 Å². The van der Waals surface area contributed by atoms with Crippen LogP contribution in [-0.4, -0.2) is 5.91 Å². The van der Waals surface area contributed by atoms with Gasteiger partial charge in [-0.1, -0.05) is 60.7 Å². The van der Waals surface area contributed by atoms with Crippen molar-refractivity contribution in [3.63, 3.8) is 0 Å². The first-order valence-corrected chi connectivity index (χ1v) is 7.72. The number of rotatable bonds is 4. The van der Waals surface area contributed by atoms with Gasteiger partial charge in [0.05, 0.1) is 5.69 Å². The minimum absolute atomic E-state index is 0.0682. The number of benzene rings is 3. The molecular weight excluding hydrogens is 320 g/mol. The van der Waals surface area contributed by atoms with Crippen LogP contribution in [0.5, 0.6) is 0 Å². The number of halogens is 2. The third-order valence-electron chi connectivity index (χ3n) is 3.62. The van der Waals surface area contributed by atoms with Gasteiger partial charge in [0.25, 0.3) is 5.91 Å². The number of carbonyl (C=O) groups is 1.